The van der Waals surface area contributed by atoms with E-state index < -0.39 is 0 Å². The fourth-order valence-corrected chi connectivity index (χ4v) is 3.75. The Bertz CT molecular complexity index is 519. The average molecular weight is 290 g/mol. The highest BCUT2D eigenvalue weighted by Crippen LogP contribution is 2.30. The number of hydrogen-bond acceptors (Lipinski definition) is 2. The Kier molecular flexibility index (Phi) is 4.24. The molecule has 1 aromatic rings. The fourth-order valence-electron chi connectivity index (χ4n) is 3.75. The maximum absolute atomic E-state index is 13.3. The van der Waals surface area contributed by atoms with E-state index in [9.17, 15) is 9.18 Å². The van der Waals surface area contributed by atoms with Crippen molar-refractivity contribution in [3.8, 4) is 0 Å². The minimum Gasteiger partial charge on any atom is -0.339 e. The second-order valence-electron chi connectivity index (χ2n) is 6.43. The molecule has 4 heteroatoms. The zero-order chi connectivity index (χ0) is 14.8. The lowest BCUT2D eigenvalue weighted by Gasteiger charge is -2.27. The normalized spacial score (nSPS) is 29.0. The summed E-state index contributed by atoms with van der Waals surface area (Å²) in [6, 6.07) is 7.12. The van der Waals surface area contributed by atoms with Crippen LogP contribution in [0.15, 0.2) is 24.3 Å². The van der Waals surface area contributed by atoms with E-state index in [1.54, 1.807) is 12.1 Å². The van der Waals surface area contributed by atoms with Crippen LogP contribution in [0.2, 0.25) is 0 Å². The van der Waals surface area contributed by atoms with Crippen molar-refractivity contribution in [2.24, 2.45) is 11.7 Å². The number of carbonyl (C=O) groups is 1. The van der Waals surface area contributed by atoms with E-state index in [-0.39, 0.29) is 29.7 Å². The minimum atomic E-state index is -0.204. The van der Waals surface area contributed by atoms with Crippen LogP contribution >= 0.6 is 0 Å². The van der Waals surface area contributed by atoms with Gasteiger partial charge in [0.05, 0.1) is 0 Å². The van der Waals surface area contributed by atoms with Crippen LogP contribution in [-0.2, 0) is 11.2 Å². The molecule has 1 aromatic carbocycles. The Labute approximate surface area is 125 Å². The molecule has 3 nitrogen and oxygen atoms in total. The van der Waals surface area contributed by atoms with Gasteiger partial charge in [-0.1, -0.05) is 12.1 Å². The second-order valence-corrected chi connectivity index (χ2v) is 6.43. The van der Waals surface area contributed by atoms with Gasteiger partial charge >= 0.3 is 0 Å². The SMILES string of the molecule is N[C@@H]1CC[C@H](C(=O)N2CCC[C@@H]2Cc2cccc(F)c2)C1. The minimum absolute atomic E-state index is 0.105. The number of nitrogens with zero attached hydrogens (tertiary/aromatic N) is 1. The fraction of sp³-hybridized carbons (Fsp3) is 0.588. The number of likely N-dealkylation sites (tertiary alicyclic amines) is 1. The van der Waals surface area contributed by atoms with E-state index in [4.69, 9.17) is 5.73 Å². The van der Waals surface area contributed by atoms with Crippen LogP contribution in [0.4, 0.5) is 4.39 Å². The predicted molar refractivity (Wildman–Crippen MR) is 80.2 cm³/mol. The number of halogens is 1. The molecule has 0 bridgehead atoms. The third-order valence-corrected chi connectivity index (χ3v) is 4.84. The van der Waals surface area contributed by atoms with Crippen LogP contribution < -0.4 is 5.73 Å². The summed E-state index contributed by atoms with van der Waals surface area (Å²) in [7, 11) is 0. The molecule has 1 saturated carbocycles. The number of rotatable bonds is 3. The van der Waals surface area contributed by atoms with Gasteiger partial charge in [-0.2, -0.15) is 0 Å². The van der Waals surface area contributed by atoms with Gasteiger partial charge in [0, 0.05) is 24.5 Å². The molecule has 2 aliphatic rings. The van der Waals surface area contributed by atoms with Crippen LogP contribution in [0, 0.1) is 11.7 Å². The molecular formula is C17H23FN2O. The maximum atomic E-state index is 13.3. The first kappa shape index (κ1) is 14.5. The van der Waals surface area contributed by atoms with Crippen molar-refractivity contribution in [1.29, 1.82) is 0 Å². The Morgan fingerprint density at radius 3 is 2.90 bits per heavy atom. The summed E-state index contributed by atoms with van der Waals surface area (Å²) in [6.07, 6.45) is 5.51. The molecule has 114 valence electrons. The van der Waals surface area contributed by atoms with Gasteiger partial charge in [0.25, 0.3) is 0 Å². The molecule has 3 rings (SSSR count). The van der Waals surface area contributed by atoms with E-state index in [2.05, 4.69) is 0 Å². The summed E-state index contributed by atoms with van der Waals surface area (Å²) in [5, 5.41) is 0. The van der Waals surface area contributed by atoms with Gasteiger partial charge in [-0.3, -0.25) is 4.79 Å². The van der Waals surface area contributed by atoms with E-state index in [1.165, 1.54) is 6.07 Å². The molecule has 1 aliphatic carbocycles. The molecule has 0 radical (unpaired) electrons. The third-order valence-electron chi connectivity index (χ3n) is 4.84. The smallest absolute Gasteiger partial charge is 0.226 e. The molecule has 0 aromatic heterocycles. The average Bonchev–Trinajstić information content (AvgIpc) is 3.07. The lowest BCUT2D eigenvalue weighted by atomic mass is 10.0. The van der Waals surface area contributed by atoms with Crippen molar-refractivity contribution in [1.82, 2.24) is 4.90 Å². The van der Waals surface area contributed by atoms with E-state index in [1.807, 2.05) is 11.0 Å². The molecule has 1 aliphatic heterocycles. The second kappa shape index (κ2) is 6.14. The standard InChI is InChI=1S/C17H23FN2O/c18-14-4-1-3-12(9-14)10-16-5-2-8-20(16)17(21)13-6-7-15(19)11-13/h1,3-4,9,13,15-16H,2,5-8,10-11,19H2/t13-,15+,16+/m0/s1. The van der Waals surface area contributed by atoms with Crippen molar-refractivity contribution < 1.29 is 9.18 Å². The topological polar surface area (TPSA) is 46.3 Å². The van der Waals surface area contributed by atoms with Crippen LogP contribution in [-0.4, -0.2) is 29.4 Å². The summed E-state index contributed by atoms with van der Waals surface area (Å²) in [5.41, 5.74) is 6.90. The monoisotopic (exact) mass is 290 g/mol. The molecule has 3 atom stereocenters. The van der Waals surface area contributed by atoms with Crippen LogP contribution in [0.3, 0.4) is 0 Å². The first-order valence-corrected chi connectivity index (χ1v) is 7.94. The maximum Gasteiger partial charge on any atom is 0.226 e. The molecule has 1 saturated heterocycles. The number of nitrogens with two attached hydrogens (primary N) is 1. The molecule has 0 unspecified atom stereocenters. The van der Waals surface area contributed by atoms with Crippen molar-refractivity contribution in [3.63, 3.8) is 0 Å². The zero-order valence-corrected chi connectivity index (χ0v) is 12.3. The Morgan fingerprint density at radius 2 is 2.19 bits per heavy atom. The Morgan fingerprint density at radius 1 is 1.33 bits per heavy atom. The molecule has 21 heavy (non-hydrogen) atoms. The van der Waals surface area contributed by atoms with Crippen molar-refractivity contribution in [2.75, 3.05) is 6.54 Å². The quantitative estimate of drug-likeness (QED) is 0.929. The van der Waals surface area contributed by atoms with Gasteiger partial charge < -0.3 is 10.6 Å². The van der Waals surface area contributed by atoms with E-state index in [0.29, 0.717) is 0 Å². The summed E-state index contributed by atoms with van der Waals surface area (Å²) in [5.74, 6) is 0.167. The van der Waals surface area contributed by atoms with Crippen LogP contribution in [0.1, 0.15) is 37.7 Å². The van der Waals surface area contributed by atoms with Gasteiger partial charge in [0.1, 0.15) is 5.82 Å². The molecule has 2 fully saturated rings. The highest BCUT2D eigenvalue weighted by Gasteiger charge is 2.36. The molecule has 0 spiro atoms. The third kappa shape index (κ3) is 3.26. The van der Waals surface area contributed by atoms with Crippen LogP contribution in [0.5, 0.6) is 0 Å². The highest BCUT2D eigenvalue weighted by molar-refractivity contribution is 5.79. The lowest BCUT2D eigenvalue weighted by Crippen LogP contribution is -2.40. The molecule has 1 amide bonds. The van der Waals surface area contributed by atoms with Crippen molar-refractivity contribution in [3.05, 3.63) is 35.6 Å². The Balaban J connectivity index is 1.66. The first-order chi connectivity index (χ1) is 10.1. The number of benzene rings is 1. The summed E-state index contributed by atoms with van der Waals surface area (Å²) in [6.45, 7) is 0.838. The molecule has 1 heterocycles. The summed E-state index contributed by atoms with van der Waals surface area (Å²) < 4.78 is 13.3. The van der Waals surface area contributed by atoms with Crippen molar-refractivity contribution in [2.45, 2.75) is 50.6 Å². The van der Waals surface area contributed by atoms with Gasteiger partial charge in [-0.25, -0.2) is 4.39 Å². The molecular weight excluding hydrogens is 267 g/mol. The highest BCUT2D eigenvalue weighted by atomic mass is 19.1. The number of carbonyl (C=O) groups excluding carboxylic acids is 1. The van der Waals surface area contributed by atoms with E-state index >= 15 is 0 Å². The van der Waals surface area contributed by atoms with Gasteiger partial charge in [-0.05, 0) is 56.2 Å². The van der Waals surface area contributed by atoms with Crippen LogP contribution in [0.25, 0.3) is 0 Å². The van der Waals surface area contributed by atoms with Crippen molar-refractivity contribution >= 4 is 5.91 Å². The molecule has 2 N–H and O–H groups in total. The lowest BCUT2D eigenvalue weighted by molar-refractivity contribution is -0.136. The first-order valence-electron chi connectivity index (χ1n) is 7.94. The summed E-state index contributed by atoms with van der Waals surface area (Å²) in [4.78, 5) is 14.7. The van der Waals surface area contributed by atoms with Gasteiger partial charge in [0.15, 0.2) is 0 Å². The summed E-state index contributed by atoms with van der Waals surface area (Å²) >= 11 is 0. The number of amides is 1. The largest absolute Gasteiger partial charge is 0.339 e. The van der Waals surface area contributed by atoms with Gasteiger partial charge in [0.2, 0.25) is 5.91 Å². The van der Waals surface area contributed by atoms with E-state index in [0.717, 1.165) is 50.6 Å². The predicted octanol–water partition coefficient (Wildman–Crippen LogP) is 2.49. The Hall–Kier alpha value is -1.42. The van der Waals surface area contributed by atoms with Gasteiger partial charge in [-0.15, -0.1) is 0 Å². The zero-order valence-electron chi connectivity index (χ0n) is 12.3. The number of hydrogen-bond donors (Lipinski definition) is 1.